The van der Waals surface area contributed by atoms with Gasteiger partial charge in [0.15, 0.2) is 0 Å². The average Bonchev–Trinajstić information content (AvgIpc) is 2.58. The lowest BCUT2D eigenvalue weighted by atomic mass is 10.1. The van der Waals surface area contributed by atoms with Crippen LogP contribution < -0.4 is 11.2 Å². The van der Waals surface area contributed by atoms with Gasteiger partial charge in [-0.1, -0.05) is 11.6 Å². The Morgan fingerprint density at radius 3 is 2.17 bits per heavy atom. The van der Waals surface area contributed by atoms with Crippen LogP contribution in [-0.2, 0) is 17.7 Å². The molecule has 0 fully saturated rings. The number of esters is 1. The predicted molar refractivity (Wildman–Crippen MR) is 92.7 cm³/mol. The molecule has 0 amide bonds. The van der Waals surface area contributed by atoms with Crippen molar-refractivity contribution in [3.05, 3.63) is 61.1 Å². The summed E-state index contributed by atoms with van der Waals surface area (Å²) in [6, 6.07) is 1.08. The van der Waals surface area contributed by atoms with Gasteiger partial charge in [-0.25, -0.2) is 18.5 Å². The van der Waals surface area contributed by atoms with Gasteiger partial charge < -0.3 is 4.74 Å². The molecule has 1 aromatic carbocycles. The van der Waals surface area contributed by atoms with Crippen molar-refractivity contribution in [1.29, 1.82) is 0 Å². The molecule has 2 rings (SSSR count). The zero-order chi connectivity index (χ0) is 23.2. The smallest absolute Gasteiger partial charge is 0.459 e. The van der Waals surface area contributed by atoms with Crippen LogP contribution >= 0.6 is 11.6 Å². The lowest BCUT2D eigenvalue weighted by Gasteiger charge is -2.22. The Bertz CT molecular complexity index is 1120. The number of benzene rings is 1. The first-order valence-corrected chi connectivity index (χ1v) is 8.46. The maximum absolute atomic E-state index is 14.4. The van der Waals surface area contributed by atoms with E-state index in [-0.39, 0.29) is 15.2 Å². The van der Waals surface area contributed by atoms with E-state index in [0.717, 1.165) is 0 Å². The topological polar surface area (TPSA) is 70.3 Å². The summed E-state index contributed by atoms with van der Waals surface area (Å²) < 4.78 is 84.4. The summed E-state index contributed by atoms with van der Waals surface area (Å²) >= 11 is 5.78. The lowest BCUT2D eigenvalue weighted by molar-refractivity contribution is -0.292. The van der Waals surface area contributed by atoms with Gasteiger partial charge in [-0.3, -0.25) is 9.36 Å². The fourth-order valence-corrected chi connectivity index (χ4v) is 2.66. The van der Waals surface area contributed by atoms with Gasteiger partial charge in [0.05, 0.1) is 22.4 Å². The summed E-state index contributed by atoms with van der Waals surface area (Å²) in [6.07, 6.45) is -6.70. The van der Waals surface area contributed by atoms with Gasteiger partial charge in [0.25, 0.3) is 5.56 Å². The highest BCUT2D eigenvalue weighted by Crippen LogP contribution is 2.42. The van der Waals surface area contributed by atoms with E-state index in [0.29, 0.717) is 19.2 Å². The van der Waals surface area contributed by atoms with Gasteiger partial charge in [-0.15, -0.1) is 0 Å². The molecule has 6 nitrogen and oxygen atoms in total. The molecular formula is C17H13ClF6N2O4. The molecule has 0 aliphatic heterocycles. The Balaban J connectivity index is 2.78. The second kappa shape index (κ2) is 7.82. The molecule has 1 heterocycles. The highest BCUT2D eigenvalue weighted by atomic mass is 35.5. The molecule has 1 aromatic heterocycles. The fourth-order valence-electron chi connectivity index (χ4n) is 2.44. The summed E-state index contributed by atoms with van der Waals surface area (Å²) in [7, 11) is 0.551. The van der Waals surface area contributed by atoms with Crippen LogP contribution in [0.2, 0.25) is 5.02 Å². The third-order valence-corrected chi connectivity index (χ3v) is 4.15. The van der Waals surface area contributed by atoms with E-state index < -0.39 is 63.2 Å². The van der Waals surface area contributed by atoms with E-state index in [1.165, 1.54) is 13.8 Å². The van der Waals surface area contributed by atoms with Crippen molar-refractivity contribution >= 4 is 17.6 Å². The molecule has 164 valence electrons. The second-order valence-electron chi connectivity index (χ2n) is 6.35. The normalized spacial score (nSPS) is 12.4. The zero-order valence-electron chi connectivity index (χ0n) is 15.5. The molecule has 0 saturated carbocycles. The van der Waals surface area contributed by atoms with Crippen molar-refractivity contribution in [3.63, 3.8) is 0 Å². The van der Waals surface area contributed by atoms with Crippen LogP contribution in [0.5, 0.6) is 0 Å². The maximum atomic E-state index is 14.4. The van der Waals surface area contributed by atoms with Crippen molar-refractivity contribution < 1.29 is 35.9 Å². The maximum Gasteiger partial charge on any atom is 0.459 e. The standard InChI is InChI=1S/C17H13ClF6N2O4/c1-7(2)30-14(28)8-4-11(10(19)5-9(8)18)26-13(27)6-12(25(3)15(26)29)16(20,21)17(22,23)24/h4-7H,1-3H3. The highest BCUT2D eigenvalue weighted by molar-refractivity contribution is 6.33. The van der Waals surface area contributed by atoms with E-state index in [2.05, 4.69) is 0 Å². The Kier molecular flexibility index (Phi) is 6.13. The van der Waals surface area contributed by atoms with Crippen molar-refractivity contribution in [2.75, 3.05) is 0 Å². The average molecular weight is 459 g/mol. The van der Waals surface area contributed by atoms with Gasteiger partial charge in [-0.2, -0.15) is 22.0 Å². The first kappa shape index (κ1) is 23.5. The molecule has 0 atom stereocenters. The first-order valence-electron chi connectivity index (χ1n) is 8.08. The van der Waals surface area contributed by atoms with Gasteiger partial charge >= 0.3 is 23.8 Å². The SMILES string of the molecule is CC(C)OC(=O)c1cc(-n2c(=O)cc(C(F)(F)C(F)(F)F)n(C)c2=O)c(F)cc1Cl. The number of carbonyl (C=O) groups is 1. The molecule has 2 aromatic rings. The number of ether oxygens (including phenoxy) is 1. The summed E-state index contributed by atoms with van der Waals surface area (Å²) in [5.41, 5.74) is -6.66. The van der Waals surface area contributed by atoms with E-state index in [1.807, 2.05) is 0 Å². The van der Waals surface area contributed by atoms with Gasteiger partial charge in [0.2, 0.25) is 0 Å². The van der Waals surface area contributed by atoms with Crippen LogP contribution in [0, 0.1) is 5.82 Å². The number of aromatic nitrogens is 2. The molecule has 0 aliphatic rings. The molecule has 13 heteroatoms. The number of rotatable bonds is 4. The van der Waals surface area contributed by atoms with Gasteiger partial charge in [-0.05, 0) is 26.0 Å². The Labute approximate surface area is 169 Å². The molecular weight excluding hydrogens is 446 g/mol. The molecule has 0 radical (unpaired) electrons. The van der Waals surface area contributed by atoms with E-state index >= 15 is 0 Å². The zero-order valence-corrected chi connectivity index (χ0v) is 16.2. The minimum absolute atomic E-state index is 0.00618. The van der Waals surface area contributed by atoms with Crippen molar-refractivity contribution in [2.24, 2.45) is 7.05 Å². The van der Waals surface area contributed by atoms with Crippen molar-refractivity contribution in [3.8, 4) is 5.69 Å². The molecule has 0 bridgehead atoms. The number of halogens is 7. The van der Waals surface area contributed by atoms with E-state index in [9.17, 15) is 40.7 Å². The number of nitrogens with zero attached hydrogens (tertiary/aromatic N) is 2. The summed E-state index contributed by atoms with van der Waals surface area (Å²) in [4.78, 5) is 36.7. The summed E-state index contributed by atoms with van der Waals surface area (Å²) in [6.45, 7) is 2.99. The Hall–Kier alpha value is -2.76. The molecule has 0 unspecified atom stereocenters. The molecule has 0 saturated heterocycles. The summed E-state index contributed by atoms with van der Waals surface area (Å²) in [5, 5.41) is -0.438. The largest absolute Gasteiger partial charge is 0.459 e. The van der Waals surface area contributed by atoms with Crippen LogP contribution in [0.15, 0.2) is 27.8 Å². The summed E-state index contributed by atoms with van der Waals surface area (Å²) in [5.74, 6) is -7.87. The minimum Gasteiger partial charge on any atom is -0.459 e. The fraction of sp³-hybridized carbons (Fsp3) is 0.353. The van der Waals surface area contributed by atoms with E-state index in [1.54, 1.807) is 0 Å². The molecule has 0 aliphatic carbocycles. The third kappa shape index (κ3) is 4.09. The number of hydrogen-bond acceptors (Lipinski definition) is 4. The van der Waals surface area contributed by atoms with E-state index in [4.69, 9.17) is 16.3 Å². The van der Waals surface area contributed by atoms with Crippen LogP contribution in [-0.4, -0.2) is 27.4 Å². The minimum atomic E-state index is -6.09. The second-order valence-corrected chi connectivity index (χ2v) is 6.76. The van der Waals surface area contributed by atoms with Gasteiger partial charge in [0, 0.05) is 13.1 Å². The number of hydrogen-bond donors (Lipinski definition) is 0. The third-order valence-electron chi connectivity index (χ3n) is 3.84. The first-order chi connectivity index (χ1) is 13.6. The van der Waals surface area contributed by atoms with Crippen molar-refractivity contribution in [2.45, 2.75) is 32.1 Å². The predicted octanol–water partition coefficient (Wildman–Crippen LogP) is 3.55. The monoisotopic (exact) mass is 458 g/mol. The quantitative estimate of drug-likeness (QED) is 0.519. The lowest BCUT2D eigenvalue weighted by Crippen LogP contribution is -2.45. The van der Waals surface area contributed by atoms with Crippen LogP contribution in [0.1, 0.15) is 29.9 Å². The molecule has 0 spiro atoms. The number of alkyl halides is 5. The highest BCUT2D eigenvalue weighted by Gasteiger charge is 2.60. The molecule has 30 heavy (non-hydrogen) atoms. The van der Waals surface area contributed by atoms with Crippen molar-refractivity contribution in [1.82, 2.24) is 9.13 Å². The Morgan fingerprint density at radius 2 is 1.67 bits per heavy atom. The molecule has 0 N–H and O–H groups in total. The van der Waals surface area contributed by atoms with Crippen LogP contribution in [0.4, 0.5) is 26.3 Å². The van der Waals surface area contributed by atoms with Crippen LogP contribution in [0.3, 0.4) is 0 Å². The Morgan fingerprint density at radius 1 is 1.10 bits per heavy atom. The van der Waals surface area contributed by atoms with Gasteiger partial charge in [0.1, 0.15) is 11.5 Å². The van der Waals surface area contributed by atoms with Crippen LogP contribution in [0.25, 0.3) is 5.69 Å². The number of carbonyl (C=O) groups excluding carboxylic acids is 1.